The van der Waals surface area contributed by atoms with Crippen molar-refractivity contribution in [2.24, 2.45) is 5.73 Å². The summed E-state index contributed by atoms with van der Waals surface area (Å²) in [5, 5.41) is 3.10. The van der Waals surface area contributed by atoms with Crippen molar-refractivity contribution in [2.75, 3.05) is 18.0 Å². The first-order chi connectivity index (χ1) is 9.70. The fourth-order valence-electron chi connectivity index (χ4n) is 3.03. The van der Waals surface area contributed by atoms with Crippen LogP contribution in [0.1, 0.15) is 37.7 Å². The summed E-state index contributed by atoms with van der Waals surface area (Å²) < 4.78 is 0. The van der Waals surface area contributed by atoms with E-state index in [4.69, 9.17) is 5.73 Å². The third-order valence-corrected chi connectivity index (χ3v) is 4.39. The average Bonchev–Trinajstić information content (AvgIpc) is 3.20. The minimum atomic E-state index is -0.112. The summed E-state index contributed by atoms with van der Waals surface area (Å²) in [5.74, 6) is 0.600. The molecule has 4 heteroatoms. The minimum Gasteiger partial charge on any atom is -0.359 e. The topological polar surface area (TPSA) is 58.4 Å². The van der Waals surface area contributed by atoms with Gasteiger partial charge in [0.25, 0.3) is 0 Å². The highest BCUT2D eigenvalue weighted by Crippen LogP contribution is 2.38. The van der Waals surface area contributed by atoms with Gasteiger partial charge in [-0.2, -0.15) is 0 Å². The number of amides is 1. The summed E-state index contributed by atoms with van der Waals surface area (Å²) in [6.07, 6.45) is 3.24. The van der Waals surface area contributed by atoms with Crippen molar-refractivity contribution >= 4 is 11.6 Å². The summed E-state index contributed by atoms with van der Waals surface area (Å²) in [4.78, 5) is 14.5. The van der Waals surface area contributed by atoms with E-state index >= 15 is 0 Å². The molecule has 0 spiro atoms. The van der Waals surface area contributed by atoms with Crippen LogP contribution in [0.25, 0.3) is 0 Å². The number of nitrogens with one attached hydrogen (secondary N) is 1. The molecule has 1 aliphatic carbocycles. The van der Waals surface area contributed by atoms with E-state index in [9.17, 15) is 4.79 Å². The van der Waals surface area contributed by atoms with Crippen LogP contribution >= 0.6 is 0 Å². The Morgan fingerprint density at radius 2 is 2.20 bits per heavy atom. The van der Waals surface area contributed by atoms with E-state index in [1.54, 1.807) is 0 Å². The molecule has 0 aromatic heterocycles. The number of rotatable bonds is 5. The number of carbonyl (C=O) groups excluding carboxylic acids is 1. The second kappa shape index (κ2) is 5.44. The molecule has 3 N–H and O–H groups in total. The maximum atomic E-state index is 12.3. The monoisotopic (exact) mass is 273 g/mol. The van der Waals surface area contributed by atoms with Gasteiger partial charge >= 0.3 is 0 Å². The molecule has 1 fully saturated rings. The predicted octanol–water partition coefficient (Wildman–Crippen LogP) is 1.61. The van der Waals surface area contributed by atoms with Crippen molar-refractivity contribution in [1.82, 2.24) is 5.32 Å². The SMILES string of the molecule is CC(C(=O)NC1CC1)N1CC(CCN)c2ccccc21. The normalized spacial score (nSPS) is 22.5. The number of hydrogen-bond acceptors (Lipinski definition) is 3. The maximum absolute atomic E-state index is 12.3. The molecule has 1 aromatic carbocycles. The third-order valence-electron chi connectivity index (χ3n) is 4.39. The Balaban J connectivity index is 1.77. The highest BCUT2D eigenvalue weighted by atomic mass is 16.2. The molecule has 0 saturated heterocycles. The molecule has 2 unspecified atom stereocenters. The van der Waals surface area contributed by atoms with E-state index < -0.39 is 0 Å². The quantitative estimate of drug-likeness (QED) is 0.857. The van der Waals surface area contributed by atoms with Crippen LogP contribution in [0.15, 0.2) is 24.3 Å². The lowest BCUT2D eigenvalue weighted by Crippen LogP contribution is -2.45. The smallest absolute Gasteiger partial charge is 0.242 e. The number of hydrogen-bond donors (Lipinski definition) is 2. The molecule has 0 bridgehead atoms. The zero-order chi connectivity index (χ0) is 14.1. The standard InChI is InChI=1S/C16H23N3O/c1-11(16(20)18-13-6-7-13)19-10-12(8-9-17)14-4-2-3-5-15(14)19/h2-5,11-13H,6-10,17H2,1H3,(H,18,20). The molecule has 20 heavy (non-hydrogen) atoms. The van der Waals surface area contributed by atoms with Gasteiger partial charge in [0.2, 0.25) is 5.91 Å². The fraction of sp³-hybridized carbons (Fsp3) is 0.562. The van der Waals surface area contributed by atoms with E-state index in [2.05, 4.69) is 28.4 Å². The Morgan fingerprint density at radius 3 is 2.90 bits per heavy atom. The van der Waals surface area contributed by atoms with Crippen LogP contribution < -0.4 is 16.0 Å². The van der Waals surface area contributed by atoms with Crippen LogP contribution in [0, 0.1) is 0 Å². The zero-order valence-electron chi connectivity index (χ0n) is 12.0. The third kappa shape index (κ3) is 2.52. The van der Waals surface area contributed by atoms with Crippen molar-refractivity contribution in [3.8, 4) is 0 Å². The van der Waals surface area contributed by atoms with Gasteiger partial charge in [-0.05, 0) is 44.4 Å². The lowest BCUT2D eigenvalue weighted by Gasteiger charge is -2.27. The molecule has 1 saturated carbocycles. The lowest BCUT2D eigenvalue weighted by molar-refractivity contribution is -0.122. The maximum Gasteiger partial charge on any atom is 0.242 e. The Hall–Kier alpha value is -1.55. The molecule has 2 aliphatic rings. The number of nitrogens with zero attached hydrogens (tertiary/aromatic N) is 1. The molecule has 1 aliphatic heterocycles. The first kappa shape index (κ1) is 13.4. The predicted molar refractivity (Wildman–Crippen MR) is 80.8 cm³/mol. The van der Waals surface area contributed by atoms with E-state index in [0.29, 0.717) is 18.5 Å². The molecule has 1 aromatic rings. The van der Waals surface area contributed by atoms with E-state index in [1.807, 2.05) is 13.0 Å². The number of nitrogens with two attached hydrogens (primary N) is 1. The Bertz CT molecular complexity index is 498. The first-order valence-electron chi connectivity index (χ1n) is 7.56. The van der Waals surface area contributed by atoms with Crippen LogP contribution in [0.4, 0.5) is 5.69 Å². The van der Waals surface area contributed by atoms with Gasteiger partial charge in [0.15, 0.2) is 0 Å². The number of benzene rings is 1. The summed E-state index contributed by atoms with van der Waals surface area (Å²) in [7, 11) is 0. The van der Waals surface area contributed by atoms with Crippen LogP contribution in [-0.2, 0) is 4.79 Å². The zero-order valence-corrected chi connectivity index (χ0v) is 12.0. The molecular weight excluding hydrogens is 250 g/mol. The highest BCUT2D eigenvalue weighted by Gasteiger charge is 2.34. The number of fused-ring (bicyclic) bond motifs is 1. The molecule has 4 nitrogen and oxygen atoms in total. The van der Waals surface area contributed by atoms with Crippen LogP contribution in [-0.4, -0.2) is 31.1 Å². The van der Waals surface area contributed by atoms with Crippen molar-refractivity contribution in [3.63, 3.8) is 0 Å². The molecule has 1 heterocycles. The largest absolute Gasteiger partial charge is 0.359 e. The van der Waals surface area contributed by atoms with Crippen molar-refractivity contribution in [2.45, 2.75) is 44.2 Å². The number of carbonyl (C=O) groups is 1. The van der Waals surface area contributed by atoms with Gasteiger partial charge in [0.1, 0.15) is 6.04 Å². The Kier molecular flexibility index (Phi) is 3.66. The minimum absolute atomic E-state index is 0.112. The Labute approximate surface area is 120 Å². The van der Waals surface area contributed by atoms with Gasteiger partial charge in [0, 0.05) is 24.2 Å². The van der Waals surface area contributed by atoms with Crippen LogP contribution in [0.5, 0.6) is 0 Å². The van der Waals surface area contributed by atoms with Gasteiger partial charge in [-0.3, -0.25) is 4.79 Å². The van der Waals surface area contributed by atoms with Crippen LogP contribution in [0.2, 0.25) is 0 Å². The van der Waals surface area contributed by atoms with E-state index in [-0.39, 0.29) is 11.9 Å². The molecule has 3 rings (SSSR count). The summed E-state index contributed by atoms with van der Waals surface area (Å²) >= 11 is 0. The lowest BCUT2D eigenvalue weighted by atomic mass is 9.98. The number of anilines is 1. The van der Waals surface area contributed by atoms with Gasteiger partial charge in [-0.1, -0.05) is 18.2 Å². The molecule has 0 radical (unpaired) electrons. The van der Waals surface area contributed by atoms with E-state index in [0.717, 1.165) is 25.8 Å². The van der Waals surface area contributed by atoms with Gasteiger partial charge < -0.3 is 16.0 Å². The summed E-state index contributed by atoms with van der Waals surface area (Å²) in [5.41, 5.74) is 8.26. The average molecular weight is 273 g/mol. The molecule has 2 atom stereocenters. The van der Waals surface area contributed by atoms with Crippen molar-refractivity contribution in [1.29, 1.82) is 0 Å². The fourth-order valence-corrected chi connectivity index (χ4v) is 3.03. The summed E-state index contributed by atoms with van der Waals surface area (Å²) in [6.45, 7) is 3.59. The Morgan fingerprint density at radius 1 is 1.45 bits per heavy atom. The highest BCUT2D eigenvalue weighted by molar-refractivity contribution is 5.86. The van der Waals surface area contributed by atoms with Gasteiger partial charge in [-0.15, -0.1) is 0 Å². The van der Waals surface area contributed by atoms with Gasteiger partial charge in [-0.25, -0.2) is 0 Å². The van der Waals surface area contributed by atoms with Crippen molar-refractivity contribution < 1.29 is 4.79 Å². The van der Waals surface area contributed by atoms with Crippen molar-refractivity contribution in [3.05, 3.63) is 29.8 Å². The molecule has 108 valence electrons. The number of para-hydroxylation sites is 1. The van der Waals surface area contributed by atoms with Gasteiger partial charge in [0.05, 0.1) is 0 Å². The molecule has 1 amide bonds. The molecular formula is C16H23N3O. The first-order valence-corrected chi connectivity index (χ1v) is 7.56. The summed E-state index contributed by atoms with van der Waals surface area (Å²) in [6, 6.07) is 8.71. The second-order valence-electron chi connectivity index (χ2n) is 5.94. The van der Waals surface area contributed by atoms with Crippen LogP contribution in [0.3, 0.4) is 0 Å². The van der Waals surface area contributed by atoms with E-state index in [1.165, 1.54) is 11.3 Å². The second-order valence-corrected chi connectivity index (χ2v) is 5.94.